The number of aromatic nitrogens is 2. The fraction of sp³-hybridized carbons (Fsp3) is 0.321. The molecule has 8 nitrogen and oxygen atoms in total. The van der Waals surface area contributed by atoms with Crippen LogP contribution < -0.4 is 15.8 Å². The van der Waals surface area contributed by atoms with Gasteiger partial charge in [-0.15, -0.1) is 11.3 Å². The van der Waals surface area contributed by atoms with Crippen molar-refractivity contribution in [2.45, 2.75) is 38.7 Å². The van der Waals surface area contributed by atoms with E-state index < -0.39 is 12.0 Å². The van der Waals surface area contributed by atoms with E-state index in [9.17, 15) is 9.59 Å². The highest BCUT2D eigenvalue weighted by molar-refractivity contribution is 7.16. The Kier molecular flexibility index (Phi) is 7.97. The number of imidazole rings is 1. The van der Waals surface area contributed by atoms with Crippen molar-refractivity contribution in [2.24, 2.45) is 5.73 Å². The Balaban J connectivity index is 1.36. The van der Waals surface area contributed by atoms with E-state index in [1.54, 1.807) is 18.5 Å². The minimum Gasteiger partial charge on any atom is -0.484 e. The maximum atomic E-state index is 12.6. The summed E-state index contributed by atoms with van der Waals surface area (Å²) in [6, 6.07) is 14.8. The first-order valence-corrected chi connectivity index (χ1v) is 13.9. The normalized spacial score (nSPS) is 14.9. The monoisotopic (exact) mass is 551 g/mol. The van der Waals surface area contributed by atoms with Crippen LogP contribution in [0.5, 0.6) is 5.75 Å². The second-order valence-electron chi connectivity index (χ2n) is 9.44. The zero-order valence-corrected chi connectivity index (χ0v) is 22.7. The number of benzene rings is 2. The van der Waals surface area contributed by atoms with Gasteiger partial charge in [0.1, 0.15) is 28.1 Å². The Bertz CT molecular complexity index is 1460. The van der Waals surface area contributed by atoms with E-state index in [1.165, 1.54) is 30.6 Å². The Morgan fingerprint density at radius 2 is 1.95 bits per heavy atom. The predicted octanol–water partition coefficient (Wildman–Crippen LogP) is 5.79. The van der Waals surface area contributed by atoms with Crippen LogP contribution in [0.3, 0.4) is 0 Å². The fourth-order valence-electron chi connectivity index (χ4n) is 4.73. The maximum Gasteiger partial charge on any atom is 0.262 e. The van der Waals surface area contributed by atoms with Gasteiger partial charge in [-0.05, 0) is 57.1 Å². The molecule has 4 aromatic rings. The van der Waals surface area contributed by atoms with Gasteiger partial charge in [0.05, 0.1) is 11.0 Å². The maximum absolute atomic E-state index is 12.6. The van der Waals surface area contributed by atoms with Crippen LogP contribution in [0.15, 0.2) is 54.9 Å². The van der Waals surface area contributed by atoms with Crippen LogP contribution in [-0.4, -0.2) is 45.9 Å². The molecule has 1 fully saturated rings. The number of likely N-dealkylation sites (tertiary alicyclic amines) is 1. The number of ether oxygens (including phenoxy) is 1. The molecule has 3 heterocycles. The molecule has 0 bridgehead atoms. The van der Waals surface area contributed by atoms with Gasteiger partial charge in [0, 0.05) is 35.3 Å². The number of nitrogens with one attached hydrogen (secondary N) is 1. The van der Waals surface area contributed by atoms with E-state index in [1.807, 2.05) is 47.9 Å². The first kappa shape index (κ1) is 26.2. The summed E-state index contributed by atoms with van der Waals surface area (Å²) in [7, 11) is 0. The summed E-state index contributed by atoms with van der Waals surface area (Å²) in [5.74, 6) is -0.208. The molecule has 5 rings (SSSR count). The van der Waals surface area contributed by atoms with Crippen LogP contribution in [0.1, 0.15) is 53.9 Å². The van der Waals surface area contributed by atoms with E-state index in [2.05, 4.69) is 15.2 Å². The summed E-state index contributed by atoms with van der Waals surface area (Å²) in [4.78, 5) is 32.0. The molecule has 0 spiro atoms. The zero-order chi connectivity index (χ0) is 26.6. The third-order valence-electron chi connectivity index (χ3n) is 6.73. The first-order chi connectivity index (χ1) is 18.4. The Labute approximate surface area is 230 Å². The number of carbonyl (C=O) groups is 2. The van der Waals surface area contributed by atoms with Crippen LogP contribution in [0.25, 0.3) is 16.0 Å². The molecule has 38 heavy (non-hydrogen) atoms. The summed E-state index contributed by atoms with van der Waals surface area (Å²) >= 11 is 7.56. The summed E-state index contributed by atoms with van der Waals surface area (Å²) in [6.45, 7) is 4.77. The van der Waals surface area contributed by atoms with Gasteiger partial charge in [-0.2, -0.15) is 0 Å². The van der Waals surface area contributed by atoms with Crippen molar-refractivity contribution in [1.29, 1.82) is 0 Å². The van der Waals surface area contributed by atoms with Gasteiger partial charge in [-0.25, -0.2) is 4.98 Å². The number of nitrogens with two attached hydrogens (primary N) is 1. The van der Waals surface area contributed by atoms with E-state index in [-0.39, 0.29) is 5.91 Å². The quantitative estimate of drug-likeness (QED) is 0.274. The Morgan fingerprint density at radius 1 is 1.16 bits per heavy atom. The van der Waals surface area contributed by atoms with Crippen LogP contribution in [-0.2, 0) is 4.79 Å². The number of primary amides is 1. The molecule has 0 aliphatic carbocycles. The van der Waals surface area contributed by atoms with Crippen LogP contribution in [0.2, 0.25) is 5.02 Å². The summed E-state index contributed by atoms with van der Waals surface area (Å²) in [5.41, 5.74) is 8.75. The van der Waals surface area contributed by atoms with Gasteiger partial charge in [0.25, 0.3) is 5.91 Å². The molecule has 1 aliphatic rings. The lowest BCUT2D eigenvalue weighted by atomic mass is 10.1. The van der Waals surface area contributed by atoms with Crippen molar-refractivity contribution in [1.82, 2.24) is 14.5 Å². The fourth-order valence-corrected chi connectivity index (χ4v) is 5.94. The molecular formula is C28H30ClN5O3S. The van der Waals surface area contributed by atoms with Gasteiger partial charge in [0.15, 0.2) is 0 Å². The van der Waals surface area contributed by atoms with Crippen molar-refractivity contribution >= 4 is 51.5 Å². The molecular weight excluding hydrogens is 522 g/mol. The van der Waals surface area contributed by atoms with Crippen molar-refractivity contribution in [3.05, 3.63) is 70.3 Å². The molecule has 2 aromatic carbocycles. The van der Waals surface area contributed by atoms with Gasteiger partial charge >= 0.3 is 0 Å². The van der Waals surface area contributed by atoms with Gasteiger partial charge in [-0.1, -0.05) is 36.2 Å². The summed E-state index contributed by atoms with van der Waals surface area (Å²) in [6.07, 6.45) is 5.42. The van der Waals surface area contributed by atoms with E-state index in [0.29, 0.717) is 27.8 Å². The minimum absolute atomic E-state index is 0.0163. The highest BCUT2D eigenvalue weighted by atomic mass is 35.5. The minimum atomic E-state index is -0.575. The molecule has 2 aromatic heterocycles. The SMILES string of the molecule is C[C@@H](Oc1cc(-n2cnc3ccc(NC(=O)CCN4CCCCC4)cc32)sc1C(N)=O)c1ccccc1Cl. The van der Waals surface area contributed by atoms with Crippen LogP contribution in [0, 0.1) is 0 Å². The highest BCUT2D eigenvalue weighted by Gasteiger charge is 2.21. The number of rotatable bonds is 9. The molecule has 1 saturated heterocycles. The third-order valence-corrected chi connectivity index (χ3v) is 8.20. The van der Waals surface area contributed by atoms with Gasteiger partial charge in [-0.3, -0.25) is 14.2 Å². The van der Waals surface area contributed by atoms with Crippen molar-refractivity contribution < 1.29 is 14.3 Å². The number of halogens is 1. The third kappa shape index (κ3) is 5.85. The molecule has 3 N–H and O–H groups in total. The number of thiophene rings is 1. The lowest BCUT2D eigenvalue weighted by Gasteiger charge is -2.25. The molecule has 1 aliphatic heterocycles. The second kappa shape index (κ2) is 11.6. The number of hydrogen-bond donors (Lipinski definition) is 2. The number of anilines is 1. The predicted molar refractivity (Wildman–Crippen MR) is 151 cm³/mol. The Hall–Kier alpha value is -3.40. The van der Waals surface area contributed by atoms with E-state index >= 15 is 0 Å². The number of fused-ring (bicyclic) bond motifs is 1. The molecule has 10 heteroatoms. The number of nitrogens with zero attached hydrogens (tertiary/aromatic N) is 3. The number of amides is 2. The molecule has 0 saturated carbocycles. The molecule has 0 radical (unpaired) electrons. The molecule has 198 valence electrons. The summed E-state index contributed by atoms with van der Waals surface area (Å²) in [5, 5.41) is 4.32. The summed E-state index contributed by atoms with van der Waals surface area (Å²) < 4.78 is 8.01. The molecule has 1 atom stereocenters. The van der Waals surface area contributed by atoms with Crippen molar-refractivity contribution in [3.8, 4) is 10.8 Å². The van der Waals surface area contributed by atoms with E-state index in [4.69, 9.17) is 22.1 Å². The average molecular weight is 552 g/mol. The number of carbonyl (C=O) groups excluding carboxylic acids is 2. The molecule has 0 unspecified atom stereocenters. The number of hydrogen-bond acceptors (Lipinski definition) is 6. The van der Waals surface area contributed by atoms with Gasteiger partial charge in [0.2, 0.25) is 5.91 Å². The first-order valence-electron chi connectivity index (χ1n) is 12.7. The second-order valence-corrected chi connectivity index (χ2v) is 10.9. The number of piperidine rings is 1. The standard InChI is InChI=1S/C28H30ClN5O3S/c1-18(20-7-3-4-8-21(20)29)37-24-16-26(38-27(24)28(30)36)34-17-31-22-10-9-19(15-23(22)34)32-25(35)11-14-33-12-5-2-6-13-33/h3-4,7-10,15-18H,2,5-6,11-14H2,1H3,(H2,30,36)(H,32,35)/t18-/m1/s1. The van der Waals surface area contributed by atoms with Crippen molar-refractivity contribution in [2.75, 3.05) is 25.0 Å². The van der Waals surface area contributed by atoms with E-state index in [0.717, 1.165) is 41.2 Å². The smallest absolute Gasteiger partial charge is 0.262 e. The van der Waals surface area contributed by atoms with Gasteiger partial charge < -0.3 is 20.7 Å². The zero-order valence-electron chi connectivity index (χ0n) is 21.2. The Morgan fingerprint density at radius 3 is 2.71 bits per heavy atom. The average Bonchev–Trinajstić information content (AvgIpc) is 3.52. The lowest BCUT2D eigenvalue weighted by molar-refractivity contribution is -0.116. The largest absolute Gasteiger partial charge is 0.484 e. The van der Waals surface area contributed by atoms with Crippen LogP contribution in [0.4, 0.5) is 5.69 Å². The topological polar surface area (TPSA) is 102 Å². The molecule has 2 amide bonds. The van der Waals surface area contributed by atoms with Crippen LogP contribution >= 0.6 is 22.9 Å². The lowest BCUT2D eigenvalue weighted by Crippen LogP contribution is -2.32. The van der Waals surface area contributed by atoms with Crippen molar-refractivity contribution in [3.63, 3.8) is 0 Å². The highest BCUT2D eigenvalue weighted by Crippen LogP contribution is 2.37.